The molecule has 136 valence electrons. The number of hydrogen-bond acceptors (Lipinski definition) is 3. The van der Waals surface area contributed by atoms with Crippen LogP contribution in [0.2, 0.25) is 10.0 Å². The summed E-state index contributed by atoms with van der Waals surface area (Å²) in [7, 11) is 0. The van der Waals surface area contributed by atoms with Crippen molar-refractivity contribution in [3.63, 3.8) is 0 Å². The average Bonchev–Trinajstić information content (AvgIpc) is 2.58. The van der Waals surface area contributed by atoms with Gasteiger partial charge >= 0.3 is 0 Å². The summed E-state index contributed by atoms with van der Waals surface area (Å²) in [5.74, 6) is 0.902. The van der Waals surface area contributed by atoms with E-state index in [1.54, 1.807) is 6.07 Å². The molecule has 2 rings (SSSR count). The number of halogens is 2. The predicted molar refractivity (Wildman–Crippen MR) is 109 cm³/mol. The molecule has 0 spiro atoms. The van der Waals surface area contributed by atoms with Crippen molar-refractivity contribution in [1.82, 2.24) is 9.97 Å². The second kappa shape index (κ2) is 8.86. The second-order valence-corrected chi connectivity index (χ2v) is 7.10. The maximum absolute atomic E-state index is 6.49. The number of rotatable bonds is 7. The molecule has 0 unspecified atom stereocenters. The Morgan fingerprint density at radius 3 is 2.12 bits per heavy atom. The third-order valence-electron chi connectivity index (χ3n) is 4.53. The van der Waals surface area contributed by atoms with Gasteiger partial charge in [-0.3, -0.25) is 0 Å². The van der Waals surface area contributed by atoms with Crippen LogP contribution in [0.15, 0.2) is 12.1 Å². The number of benzene rings is 1. The van der Waals surface area contributed by atoms with Crippen molar-refractivity contribution in [1.29, 1.82) is 0 Å². The van der Waals surface area contributed by atoms with Crippen molar-refractivity contribution in [2.45, 2.75) is 66.3 Å². The summed E-state index contributed by atoms with van der Waals surface area (Å²) in [4.78, 5) is 9.87. The van der Waals surface area contributed by atoms with E-state index in [9.17, 15) is 0 Å². The summed E-state index contributed by atoms with van der Waals surface area (Å²) in [6, 6.07) is 4.11. The quantitative estimate of drug-likeness (QED) is 0.597. The van der Waals surface area contributed by atoms with E-state index in [0.717, 1.165) is 59.7 Å². The van der Waals surface area contributed by atoms with Gasteiger partial charge in [-0.05, 0) is 50.3 Å². The Morgan fingerprint density at radius 1 is 0.960 bits per heavy atom. The van der Waals surface area contributed by atoms with Crippen molar-refractivity contribution in [2.75, 3.05) is 5.32 Å². The lowest BCUT2D eigenvalue weighted by atomic mass is 10.0. The fourth-order valence-corrected chi connectivity index (χ4v) is 3.69. The zero-order valence-electron chi connectivity index (χ0n) is 15.7. The second-order valence-electron chi connectivity index (χ2n) is 6.26. The maximum atomic E-state index is 6.49. The minimum Gasteiger partial charge on any atom is -0.366 e. The molecule has 0 aliphatic heterocycles. The molecule has 1 aromatic heterocycles. The predicted octanol–water partition coefficient (Wildman–Crippen LogP) is 6.48. The van der Waals surface area contributed by atoms with Gasteiger partial charge in [0.25, 0.3) is 0 Å². The normalized spacial score (nSPS) is 11.2. The molecule has 0 aliphatic carbocycles. The molecule has 0 aliphatic rings. The van der Waals surface area contributed by atoms with Crippen LogP contribution in [0, 0.1) is 6.92 Å². The summed E-state index contributed by atoms with van der Waals surface area (Å²) in [6.07, 6.45) is 3.73. The van der Waals surface area contributed by atoms with E-state index >= 15 is 0 Å². The average molecular weight is 380 g/mol. The van der Waals surface area contributed by atoms with Gasteiger partial charge in [0.2, 0.25) is 0 Å². The van der Waals surface area contributed by atoms with Crippen molar-refractivity contribution >= 4 is 29.0 Å². The van der Waals surface area contributed by atoms with Gasteiger partial charge in [0.15, 0.2) is 0 Å². The Kier molecular flexibility index (Phi) is 7.09. The topological polar surface area (TPSA) is 37.8 Å². The molecule has 0 radical (unpaired) electrons. The smallest absolute Gasteiger partial charge is 0.148 e. The fourth-order valence-electron chi connectivity index (χ4n) is 3.00. The first-order valence-corrected chi connectivity index (χ1v) is 9.82. The van der Waals surface area contributed by atoms with Crippen LogP contribution in [0.25, 0.3) is 11.3 Å². The molecule has 2 aromatic rings. The lowest BCUT2D eigenvalue weighted by molar-refractivity contribution is 0.665. The highest BCUT2D eigenvalue weighted by Gasteiger charge is 2.19. The third kappa shape index (κ3) is 4.45. The van der Waals surface area contributed by atoms with Crippen LogP contribution in [-0.2, 0) is 12.8 Å². The first-order valence-electron chi connectivity index (χ1n) is 9.07. The molecule has 0 saturated heterocycles. The van der Waals surface area contributed by atoms with E-state index < -0.39 is 0 Å². The van der Waals surface area contributed by atoms with Crippen molar-refractivity contribution in [3.05, 3.63) is 39.1 Å². The molecule has 1 heterocycles. The van der Waals surface area contributed by atoms with Gasteiger partial charge in [0, 0.05) is 16.6 Å². The van der Waals surface area contributed by atoms with E-state index in [1.165, 1.54) is 0 Å². The highest BCUT2D eigenvalue weighted by molar-refractivity contribution is 6.36. The number of nitrogens with zero attached hydrogens (tertiary/aromatic N) is 2. The number of hydrogen-bond donors (Lipinski definition) is 1. The van der Waals surface area contributed by atoms with Crippen LogP contribution >= 0.6 is 23.2 Å². The number of aryl methyl sites for hydroxylation is 3. The van der Waals surface area contributed by atoms with Gasteiger partial charge in [-0.1, -0.05) is 50.9 Å². The van der Waals surface area contributed by atoms with Gasteiger partial charge in [0.1, 0.15) is 5.82 Å². The molecule has 0 saturated carbocycles. The molecule has 3 nitrogen and oxygen atoms in total. The molecule has 0 bridgehead atoms. The zero-order valence-corrected chi connectivity index (χ0v) is 17.2. The molecular formula is C20H27Cl2N3. The highest BCUT2D eigenvalue weighted by Crippen LogP contribution is 2.35. The van der Waals surface area contributed by atoms with Gasteiger partial charge in [-0.15, -0.1) is 0 Å². The van der Waals surface area contributed by atoms with E-state index in [2.05, 4.69) is 33.0 Å². The third-order valence-corrected chi connectivity index (χ3v) is 5.04. The first-order chi connectivity index (χ1) is 11.9. The van der Waals surface area contributed by atoms with Gasteiger partial charge < -0.3 is 5.32 Å². The lowest BCUT2D eigenvalue weighted by Gasteiger charge is -2.20. The Labute approximate surface area is 161 Å². The van der Waals surface area contributed by atoms with Crippen molar-refractivity contribution < 1.29 is 0 Å². The Balaban J connectivity index is 2.61. The molecule has 25 heavy (non-hydrogen) atoms. The van der Waals surface area contributed by atoms with Crippen LogP contribution in [-0.4, -0.2) is 16.0 Å². The molecule has 0 amide bonds. The minimum absolute atomic E-state index is 0.413. The molecule has 0 atom stereocenters. The summed E-state index contributed by atoms with van der Waals surface area (Å²) in [5, 5.41) is 4.82. The summed E-state index contributed by atoms with van der Waals surface area (Å²) in [6.45, 7) is 10.6. The zero-order chi connectivity index (χ0) is 18.6. The summed E-state index contributed by atoms with van der Waals surface area (Å²) in [5.41, 5.74) is 4.75. The molecule has 0 fully saturated rings. The van der Waals surface area contributed by atoms with Crippen molar-refractivity contribution in [3.8, 4) is 11.3 Å². The van der Waals surface area contributed by atoms with Crippen molar-refractivity contribution in [2.24, 2.45) is 0 Å². The number of anilines is 1. The SMILES string of the molecule is CCc1nc(-c2c(C)cc(Cl)cc2Cl)c(CC)nc1NC(CC)CC. The molecule has 1 aromatic carbocycles. The molecule has 5 heteroatoms. The van der Waals surface area contributed by atoms with Crippen LogP contribution < -0.4 is 5.32 Å². The first kappa shape index (κ1) is 20.0. The minimum atomic E-state index is 0.413. The molecule has 1 N–H and O–H groups in total. The largest absolute Gasteiger partial charge is 0.366 e. The van der Waals surface area contributed by atoms with E-state index in [4.69, 9.17) is 33.2 Å². The molecular weight excluding hydrogens is 353 g/mol. The Hall–Kier alpha value is -1.32. The summed E-state index contributed by atoms with van der Waals surface area (Å²) < 4.78 is 0. The van der Waals surface area contributed by atoms with Crippen LogP contribution in [0.4, 0.5) is 5.82 Å². The monoisotopic (exact) mass is 379 g/mol. The van der Waals surface area contributed by atoms with Gasteiger partial charge in [0.05, 0.1) is 22.1 Å². The van der Waals surface area contributed by atoms with Crippen LogP contribution in [0.1, 0.15) is 57.5 Å². The van der Waals surface area contributed by atoms with E-state index in [0.29, 0.717) is 16.1 Å². The summed E-state index contributed by atoms with van der Waals surface area (Å²) >= 11 is 12.6. The number of aromatic nitrogens is 2. The Morgan fingerprint density at radius 2 is 1.60 bits per heavy atom. The van der Waals surface area contributed by atoms with E-state index in [-0.39, 0.29) is 0 Å². The maximum Gasteiger partial charge on any atom is 0.148 e. The fraction of sp³-hybridized carbons (Fsp3) is 0.500. The lowest BCUT2D eigenvalue weighted by Crippen LogP contribution is -2.20. The number of nitrogens with one attached hydrogen (secondary N) is 1. The standard InChI is InChI=1S/C20H27Cl2N3/c1-6-14(7-2)23-20-17(9-4)24-19(16(8-3)25-20)18-12(5)10-13(21)11-15(18)22/h10-11,14H,6-9H2,1-5H3,(H,23,25). The van der Waals surface area contributed by atoms with Crippen LogP contribution in [0.3, 0.4) is 0 Å². The van der Waals surface area contributed by atoms with Gasteiger partial charge in [-0.25, -0.2) is 9.97 Å². The highest BCUT2D eigenvalue weighted by atomic mass is 35.5. The van der Waals surface area contributed by atoms with E-state index in [1.807, 2.05) is 13.0 Å². The Bertz CT molecular complexity index is 717. The van der Waals surface area contributed by atoms with Crippen LogP contribution in [0.5, 0.6) is 0 Å². The van der Waals surface area contributed by atoms with Gasteiger partial charge in [-0.2, -0.15) is 0 Å².